The minimum Gasteiger partial charge on any atom is -0.507 e. The number of amides is 1. The van der Waals surface area contributed by atoms with E-state index in [4.69, 9.17) is 18.6 Å². The van der Waals surface area contributed by atoms with Crippen molar-refractivity contribution < 1.29 is 33.3 Å². The first-order valence-electron chi connectivity index (χ1n) is 12.7. The lowest BCUT2D eigenvalue weighted by Crippen LogP contribution is -2.29. The van der Waals surface area contributed by atoms with Gasteiger partial charge in [-0.3, -0.25) is 9.59 Å². The predicted octanol–water partition coefficient (Wildman–Crippen LogP) is 5.73. The summed E-state index contributed by atoms with van der Waals surface area (Å²) in [5.74, 6) is 0.899. The molecule has 8 heteroatoms. The molecule has 0 spiro atoms. The molecule has 2 heterocycles. The standard InChI is InChI=1S/C30H33NO7/c1-5-36-22-11-8-20(9-12-22)28(32)26-27(31(30(34)29(26)33)18-23-7-6-15-37-23)21-10-13-24(25(17-21)35-4)38-16-14-19(2)3/h6-13,15,17,19,27,32H,5,14,16,18H2,1-4H3/t27-/m1/s1. The molecule has 1 fully saturated rings. The van der Waals surface area contributed by atoms with Gasteiger partial charge in [0, 0.05) is 5.56 Å². The Labute approximate surface area is 222 Å². The van der Waals surface area contributed by atoms with Crippen molar-refractivity contribution in [2.24, 2.45) is 5.92 Å². The van der Waals surface area contributed by atoms with E-state index in [0.717, 1.165) is 6.42 Å². The summed E-state index contributed by atoms with van der Waals surface area (Å²) < 4.78 is 22.5. The molecule has 0 aliphatic carbocycles. The number of hydrogen-bond donors (Lipinski definition) is 1. The number of aliphatic hydroxyl groups is 1. The van der Waals surface area contributed by atoms with Crippen molar-refractivity contribution in [2.45, 2.75) is 39.8 Å². The maximum atomic E-state index is 13.3. The van der Waals surface area contributed by atoms with Crippen LogP contribution in [0.4, 0.5) is 0 Å². The SMILES string of the molecule is CCOc1ccc(C(O)=C2C(=O)C(=O)N(Cc3ccco3)[C@@H]2c2ccc(OCCC(C)C)c(OC)c2)cc1. The van der Waals surface area contributed by atoms with Gasteiger partial charge in [0.1, 0.15) is 17.3 Å². The van der Waals surface area contributed by atoms with E-state index < -0.39 is 17.7 Å². The molecule has 1 aromatic heterocycles. The van der Waals surface area contributed by atoms with Gasteiger partial charge in [-0.25, -0.2) is 0 Å². The van der Waals surface area contributed by atoms with E-state index in [-0.39, 0.29) is 17.9 Å². The van der Waals surface area contributed by atoms with Crippen LogP contribution < -0.4 is 14.2 Å². The lowest BCUT2D eigenvalue weighted by atomic mass is 9.95. The number of carbonyl (C=O) groups excluding carboxylic acids is 2. The Kier molecular flexibility index (Phi) is 8.41. The number of aliphatic hydroxyl groups excluding tert-OH is 1. The van der Waals surface area contributed by atoms with Crippen LogP contribution in [0.1, 0.15) is 50.1 Å². The van der Waals surface area contributed by atoms with Crippen LogP contribution in [-0.2, 0) is 16.1 Å². The van der Waals surface area contributed by atoms with Gasteiger partial charge in [0.25, 0.3) is 11.7 Å². The fourth-order valence-electron chi connectivity index (χ4n) is 4.37. The molecular formula is C30H33NO7. The second-order valence-corrected chi connectivity index (χ2v) is 9.41. The molecule has 0 unspecified atom stereocenters. The van der Waals surface area contributed by atoms with Gasteiger partial charge >= 0.3 is 0 Å². The summed E-state index contributed by atoms with van der Waals surface area (Å²) in [5, 5.41) is 11.3. The number of ether oxygens (including phenoxy) is 3. The summed E-state index contributed by atoms with van der Waals surface area (Å²) >= 11 is 0. The van der Waals surface area contributed by atoms with E-state index in [0.29, 0.717) is 53.3 Å². The van der Waals surface area contributed by atoms with E-state index in [1.54, 1.807) is 54.6 Å². The van der Waals surface area contributed by atoms with Gasteiger partial charge in [-0.05, 0) is 73.4 Å². The second-order valence-electron chi connectivity index (χ2n) is 9.41. The molecule has 3 aromatic rings. The minimum absolute atomic E-state index is 0.0127. The third-order valence-electron chi connectivity index (χ3n) is 6.34. The van der Waals surface area contributed by atoms with Crippen molar-refractivity contribution >= 4 is 17.4 Å². The maximum absolute atomic E-state index is 13.3. The summed E-state index contributed by atoms with van der Waals surface area (Å²) in [6.45, 7) is 7.21. The summed E-state index contributed by atoms with van der Waals surface area (Å²) in [7, 11) is 1.54. The molecule has 1 aliphatic rings. The molecule has 1 amide bonds. The zero-order chi connectivity index (χ0) is 27.2. The highest BCUT2D eigenvalue weighted by Gasteiger charge is 2.46. The van der Waals surface area contributed by atoms with Gasteiger partial charge in [-0.15, -0.1) is 0 Å². The molecule has 2 aromatic carbocycles. The average Bonchev–Trinajstić information content (AvgIpc) is 3.51. The summed E-state index contributed by atoms with van der Waals surface area (Å²) in [6.07, 6.45) is 2.39. The van der Waals surface area contributed by atoms with Gasteiger partial charge in [-0.1, -0.05) is 19.9 Å². The number of methoxy groups -OCH3 is 1. The van der Waals surface area contributed by atoms with Crippen LogP contribution in [-0.4, -0.2) is 42.0 Å². The van der Waals surface area contributed by atoms with Crippen LogP contribution in [0.15, 0.2) is 70.9 Å². The average molecular weight is 520 g/mol. The van der Waals surface area contributed by atoms with Crippen molar-refractivity contribution in [3.05, 3.63) is 83.3 Å². The van der Waals surface area contributed by atoms with Crippen molar-refractivity contribution in [1.29, 1.82) is 0 Å². The number of carbonyl (C=O) groups is 2. The quantitative estimate of drug-likeness (QED) is 0.196. The smallest absolute Gasteiger partial charge is 0.296 e. The van der Waals surface area contributed by atoms with E-state index >= 15 is 0 Å². The Bertz CT molecular complexity index is 1290. The molecule has 1 aliphatic heterocycles. The van der Waals surface area contributed by atoms with Crippen LogP contribution in [0, 0.1) is 5.92 Å². The van der Waals surface area contributed by atoms with E-state index in [1.807, 2.05) is 6.92 Å². The van der Waals surface area contributed by atoms with Crippen LogP contribution >= 0.6 is 0 Å². The highest BCUT2D eigenvalue weighted by molar-refractivity contribution is 6.46. The Morgan fingerprint density at radius 3 is 2.45 bits per heavy atom. The van der Waals surface area contributed by atoms with Gasteiger partial charge in [0.15, 0.2) is 11.5 Å². The molecule has 1 N–H and O–H groups in total. The molecule has 8 nitrogen and oxygen atoms in total. The van der Waals surface area contributed by atoms with Crippen LogP contribution in [0.2, 0.25) is 0 Å². The van der Waals surface area contributed by atoms with E-state index in [2.05, 4.69) is 13.8 Å². The second kappa shape index (κ2) is 11.9. The van der Waals surface area contributed by atoms with Crippen molar-refractivity contribution in [3.63, 3.8) is 0 Å². The van der Waals surface area contributed by atoms with Crippen LogP contribution in [0.5, 0.6) is 17.2 Å². The molecule has 1 atom stereocenters. The first-order valence-corrected chi connectivity index (χ1v) is 12.7. The molecule has 0 saturated carbocycles. The maximum Gasteiger partial charge on any atom is 0.296 e. The number of rotatable bonds is 11. The summed E-state index contributed by atoms with van der Waals surface area (Å²) in [6, 6.07) is 14.6. The molecule has 38 heavy (non-hydrogen) atoms. The number of nitrogens with zero attached hydrogens (tertiary/aromatic N) is 1. The van der Waals surface area contributed by atoms with Gasteiger partial charge in [0.05, 0.1) is 44.7 Å². The zero-order valence-corrected chi connectivity index (χ0v) is 22.1. The molecular weight excluding hydrogens is 486 g/mol. The van der Waals surface area contributed by atoms with Gasteiger partial charge < -0.3 is 28.6 Å². The van der Waals surface area contributed by atoms with Crippen LogP contribution in [0.25, 0.3) is 5.76 Å². The fourth-order valence-corrected chi connectivity index (χ4v) is 4.37. The van der Waals surface area contributed by atoms with Crippen molar-refractivity contribution in [2.75, 3.05) is 20.3 Å². The van der Waals surface area contributed by atoms with Crippen molar-refractivity contribution in [3.8, 4) is 17.2 Å². The molecule has 0 bridgehead atoms. The number of ketones is 1. The lowest BCUT2D eigenvalue weighted by molar-refractivity contribution is -0.140. The summed E-state index contributed by atoms with van der Waals surface area (Å²) in [5.41, 5.74) is 0.979. The van der Waals surface area contributed by atoms with Gasteiger partial charge in [0.2, 0.25) is 0 Å². The fraction of sp³-hybridized carbons (Fsp3) is 0.333. The van der Waals surface area contributed by atoms with E-state index in [9.17, 15) is 14.7 Å². The zero-order valence-electron chi connectivity index (χ0n) is 22.1. The van der Waals surface area contributed by atoms with Crippen molar-refractivity contribution in [1.82, 2.24) is 4.90 Å². The number of Topliss-reactive ketones (excluding diaryl/α,β-unsaturated/α-hetero) is 1. The predicted molar refractivity (Wildman–Crippen MR) is 142 cm³/mol. The molecule has 4 rings (SSSR count). The largest absolute Gasteiger partial charge is 0.507 e. The molecule has 0 radical (unpaired) electrons. The normalized spacial score (nSPS) is 16.8. The van der Waals surface area contributed by atoms with E-state index in [1.165, 1.54) is 18.3 Å². The topological polar surface area (TPSA) is 98.4 Å². The number of likely N-dealkylation sites (tertiary alicyclic amines) is 1. The highest BCUT2D eigenvalue weighted by Crippen LogP contribution is 2.43. The highest BCUT2D eigenvalue weighted by atomic mass is 16.5. The first kappa shape index (κ1) is 26.9. The molecule has 1 saturated heterocycles. The Balaban J connectivity index is 1.78. The molecule has 200 valence electrons. The minimum atomic E-state index is -0.870. The summed E-state index contributed by atoms with van der Waals surface area (Å²) in [4.78, 5) is 28.0. The lowest BCUT2D eigenvalue weighted by Gasteiger charge is -2.25. The Morgan fingerprint density at radius 2 is 1.82 bits per heavy atom. The van der Waals surface area contributed by atoms with Crippen LogP contribution in [0.3, 0.4) is 0 Å². The monoisotopic (exact) mass is 519 g/mol. The Morgan fingerprint density at radius 1 is 1.05 bits per heavy atom. The van der Waals surface area contributed by atoms with Gasteiger partial charge in [-0.2, -0.15) is 0 Å². The first-order chi connectivity index (χ1) is 18.3. The third kappa shape index (κ3) is 5.69. The third-order valence-corrected chi connectivity index (χ3v) is 6.34. The Hall–Kier alpha value is -4.20. The number of hydrogen-bond acceptors (Lipinski definition) is 7. The number of furan rings is 1. The number of benzene rings is 2.